The molecule has 0 aliphatic carbocycles. The summed E-state index contributed by atoms with van der Waals surface area (Å²) in [7, 11) is 0. The van der Waals surface area contributed by atoms with E-state index in [0.29, 0.717) is 12.5 Å². The Morgan fingerprint density at radius 2 is 1.76 bits per heavy atom. The second-order valence-electron chi connectivity index (χ2n) is 5.54. The first-order valence-corrected chi connectivity index (χ1v) is 8.25. The van der Waals surface area contributed by atoms with Crippen molar-refractivity contribution in [3.05, 3.63) is 29.8 Å². The topological polar surface area (TPSA) is 30.5 Å². The van der Waals surface area contributed by atoms with Crippen molar-refractivity contribution in [1.29, 1.82) is 0 Å². The van der Waals surface area contributed by atoms with E-state index in [2.05, 4.69) is 38.2 Å². The maximum Gasteiger partial charge on any atom is 0.119 e. The second kappa shape index (κ2) is 10.6. The van der Waals surface area contributed by atoms with Crippen LogP contribution in [0.5, 0.6) is 5.75 Å². The molecule has 0 bridgehead atoms. The third-order valence-corrected chi connectivity index (χ3v) is 3.51. The highest BCUT2D eigenvalue weighted by Gasteiger charge is 2.11. The summed E-state index contributed by atoms with van der Waals surface area (Å²) in [4.78, 5) is 0. The first kappa shape index (κ1) is 18.0. The smallest absolute Gasteiger partial charge is 0.119 e. The molecule has 21 heavy (non-hydrogen) atoms. The lowest BCUT2D eigenvalue weighted by molar-refractivity contribution is 0.0836. The average Bonchev–Trinajstić information content (AvgIpc) is 2.48. The molecule has 0 saturated heterocycles. The van der Waals surface area contributed by atoms with Crippen molar-refractivity contribution in [2.75, 3.05) is 26.4 Å². The Morgan fingerprint density at radius 3 is 2.33 bits per heavy atom. The minimum atomic E-state index is 0.250. The van der Waals surface area contributed by atoms with Crippen LogP contribution in [0.25, 0.3) is 0 Å². The summed E-state index contributed by atoms with van der Waals surface area (Å²) >= 11 is 0. The van der Waals surface area contributed by atoms with Crippen LogP contribution in [0.4, 0.5) is 0 Å². The number of rotatable bonds is 11. The number of likely N-dealkylation sites (N-methyl/N-ethyl adjacent to an activating group) is 1. The Kier molecular flexibility index (Phi) is 9.11. The zero-order valence-corrected chi connectivity index (χ0v) is 14.0. The number of ether oxygens (including phenoxy) is 2. The zero-order chi connectivity index (χ0) is 15.5. The van der Waals surface area contributed by atoms with Gasteiger partial charge in [-0.3, -0.25) is 0 Å². The van der Waals surface area contributed by atoms with Gasteiger partial charge in [-0.15, -0.1) is 0 Å². The lowest BCUT2D eigenvalue weighted by Gasteiger charge is -2.20. The van der Waals surface area contributed by atoms with E-state index in [-0.39, 0.29) is 6.04 Å². The van der Waals surface area contributed by atoms with Crippen LogP contribution >= 0.6 is 0 Å². The van der Waals surface area contributed by atoms with E-state index in [4.69, 9.17) is 9.47 Å². The van der Waals surface area contributed by atoms with E-state index in [1.807, 2.05) is 19.1 Å². The minimum Gasteiger partial charge on any atom is -0.494 e. The van der Waals surface area contributed by atoms with Crippen LogP contribution in [0.1, 0.15) is 52.1 Å². The SMILES string of the molecule is CCCC(C)COCC(NCC)c1ccc(OCC)cc1. The largest absolute Gasteiger partial charge is 0.494 e. The van der Waals surface area contributed by atoms with Crippen LogP contribution in [0.15, 0.2) is 24.3 Å². The molecule has 1 aromatic rings. The molecule has 2 atom stereocenters. The number of benzene rings is 1. The molecule has 0 aliphatic rings. The minimum absolute atomic E-state index is 0.250. The van der Waals surface area contributed by atoms with E-state index >= 15 is 0 Å². The molecule has 0 heterocycles. The predicted octanol–water partition coefficient (Wildman–Crippen LogP) is 4.19. The fourth-order valence-corrected chi connectivity index (χ4v) is 2.45. The van der Waals surface area contributed by atoms with Gasteiger partial charge in [0.05, 0.1) is 19.3 Å². The van der Waals surface area contributed by atoms with Gasteiger partial charge >= 0.3 is 0 Å². The quantitative estimate of drug-likeness (QED) is 0.663. The van der Waals surface area contributed by atoms with Gasteiger partial charge < -0.3 is 14.8 Å². The second-order valence-corrected chi connectivity index (χ2v) is 5.54. The summed E-state index contributed by atoms with van der Waals surface area (Å²) in [5.41, 5.74) is 1.25. The molecule has 0 saturated carbocycles. The standard InChI is InChI=1S/C18H31NO2/c1-5-8-15(4)13-20-14-18(19-6-2)16-9-11-17(12-10-16)21-7-3/h9-12,15,18-19H,5-8,13-14H2,1-4H3. The van der Waals surface area contributed by atoms with Crippen LogP contribution in [-0.4, -0.2) is 26.4 Å². The molecule has 0 aromatic heterocycles. The number of hydrogen-bond donors (Lipinski definition) is 1. The molecule has 1 N–H and O–H groups in total. The molecule has 0 spiro atoms. The molecule has 1 rings (SSSR count). The van der Waals surface area contributed by atoms with Gasteiger partial charge in [-0.05, 0) is 43.5 Å². The van der Waals surface area contributed by atoms with Gasteiger partial charge in [-0.1, -0.05) is 39.3 Å². The Balaban J connectivity index is 2.51. The Labute approximate surface area is 130 Å². The molecule has 1 aromatic carbocycles. The molecule has 3 heteroatoms. The summed E-state index contributed by atoms with van der Waals surface area (Å²) < 4.78 is 11.4. The first-order chi connectivity index (χ1) is 10.2. The van der Waals surface area contributed by atoms with Gasteiger partial charge in [0.2, 0.25) is 0 Å². The molecular formula is C18H31NO2. The normalized spacial score (nSPS) is 13.9. The van der Waals surface area contributed by atoms with E-state index in [1.165, 1.54) is 18.4 Å². The van der Waals surface area contributed by atoms with Gasteiger partial charge in [-0.25, -0.2) is 0 Å². The summed E-state index contributed by atoms with van der Waals surface area (Å²) in [6.07, 6.45) is 2.45. The first-order valence-electron chi connectivity index (χ1n) is 8.25. The lowest BCUT2D eigenvalue weighted by Crippen LogP contribution is -2.26. The number of hydrogen-bond acceptors (Lipinski definition) is 3. The molecule has 0 aliphatic heterocycles. The molecular weight excluding hydrogens is 262 g/mol. The van der Waals surface area contributed by atoms with Crippen molar-refractivity contribution < 1.29 is 9.47 Å². The summed E-state index contributed by atoms with van der Waals surface area (Å²) in [6, 6.07) is 8.56. The van der Waals surface area contributed by atoms with Crippen molar-refractivity contribution in [2.24, 2.45) is 5.92 Å². The van der Waals surface area contributed by atoms with Crippen molar-refractivity contribution >= 4 is 0 Å². The molecule has 2 unspecified atom stereocenters. The van der Waals surface area contributed by atoms with Crippen molar-refractivity contribution in [1.82, 2.24) is 5.32 Å². The third-order valence-electron chi connectivity index (χ3n) is 3.51. The fraction of sp³-hybridized carbons (Fsp3) is 0.667. The predicted molar refractivity (Wildman–Crippen MR) is 88.9 cm³/mol. The molecule has 0 radical (unpaired) electrons. The third kappa shape index (κ3) is 6.96. The van der Waals surface area contributed by atoms with Crippen LogP contribution in [-0.2, 0) is 4.74 Å². The maximum absolute atomic E-state index is 5.90. The van der Waals surface area contributed by atoms with Crippen LogP contribution in [0, 0.1) is 5.92 Å². The van der Waals surface area contributed by atoms with Crippen molar-refractivity contribution in [2.45, 2.75) is 46.6 Å². The summed E-state index contributed by atoms with van der Waals surface area (Å²) in [6.45, 7) is 11.8. The lowest BCUT2D eigenvalue weighted by atomic mass is 10.1. The van der Waals surface area contributed by atoms with Crippen LogP contribution in [0.2, 0.25) is 0 Å². The summed E-state index contributed by atoms with van der Waals surface area (Å²) in [5, 5.41) is 3.49. The molecule has 0 amide bonds. The van der Waals surface area contributed by atoms with E-state index in [0.717, 1.165) is 25.5 Å². The zero-order valence-electron chi connectivity index (χ0n) is 14.0. The Hall–Kier alpha value is -1.06. The highest BCUT2D eigenvalue weighted by molar-refractivity contribution is 5.29. The van der Waals surface area contributed by atoms with E-state index < -0.39 is 0 Å². The highest BCUT2D eigenvalue weighted by atomic mass is 16.5. The van der Waals surface area contributed by atoms with Gasteiger partial charge in [0.15, 0.2) is 0 Å². The van der Waals surface area contributed by atoms with Crippen molar-refractivity contribution in [3.8, 4) is 5.75 Å². The van der Waals surface area contributed by atoms with Gasteiger partial charge in [0.25, 0.3) is 0 Å². The molecule has 120 valence electrons. The highest BCUT2D eigenvalue weighted by Crippen LogP contribution is 2.19. The molecule has 3 nitrogen and oxygen atoms in total. The van der Waals surface area contributed by atoms with Gasteiger partial charge in [0, 0.05) is 6.61 Å². The Bertz CT molecular complexity index is 364. The maximum atomic E-state index is 5.90. The van der Waals surface area contributed by atoms with Crippen LogP contribution < -0.4 is 10.1 Å². The monoisotopic (exact) mass is 293 g/mol. The van der Waals surface area contributed by atoms with Gasteiger partial charge in [-0.2, -0.15) is 0 Å². The fourth-order valence-electron chi connectivity index (χ4n) is 2.45. The Morgan fingerprint density at radius 1 is 1.05 bits per heavy atom. The van der Waals surface area contributed by atoms with Crippen LogP contribution in [0.3, 0.4) is 0 Å². The number of nitrogens with one attached hydrogen (secondary N) is 1. The summed E-state index contributed by atoms with van der Waals surface area (Å²) in [5.74, 6) is 1.56. The van der Waals surface area contributed by atoms with E-state index in [9.17, 15) is 0 Å². The molecule has 0 fully saturated rings. The van der Waals surface area contributed by atoms with Crippen molar-refractivity contribution in [3.63, 3.8) is 0 Å². The van der Waals surface area contributed by atoms with Gasteiger partial charge in [0.1, 0.15) is 5.75 Å². The van der Waals surface area contributed by atoms with E-state index in [1.54, 1.807) is 0 Å². The average molecular weight is 293 g/mol.